The van der Waals surface area contributed by atoms with Crippen LogP contribution in [0.5, 0.6) is 11.5 Å². The molecular formula is C24H28N4O3S. The first-order valence-corrected chi connectivity index (χ1v) is 11.4. The van der Waals surface area contributed by atoms with Crippen LogP contribution in [0.4, 0.5) is 5.69 Å². The molecule has 0 atom stereocenters. The monoisotopic (exact) mass is 452 g/mol. The number of hydrazone groups is 1. The van der Waals surface area contributed by atoms with Gasteiger partial charge in [-0.15, -0.1) is 11.8 Å². The Kier molecular flexibility index (Phi) is 7.94. The standard InChI is InChI=1S/C24H28N4O3S/c1-5-28(6-2)18-11-10-17(20(29)13-18)14-25-27-23(30)15-32-22-12-16(3)26-24-19(22)8-7-9-21(24)31-4/h7-14,29H,5-6,15H2,1-4H3,(H,27,30). The lowest BCUT2D eigenvalue weighted by atomic mass is 10.2. The van der Waals surface area contributed by atoms with E-state index in [-0.39, 0.29) is 17.4 Å². The summed E-state index contributed by atoms with van der Waals surface area (Å²) in [6.45, 7) is 7.76. The fourth-order valence-corrected chi connectivity index (χ4v) is 4.30. The molecule has 2 aromatic carbocycles. The van der Waals surface area contributed by atoms with Gasteiger partial charge in [0.25, 0.3) is 0 Å². The number of phenols is 1. The number of pyridine rings is 1. The Morgan fingerprint density at radius 3 is 2.72 bits per heavy atom. The van der Waals surface area contributed by atoms with Crippen LogP contribution in [0, 0.1) is 6.92 Å². The van der Waals surface area contributed by atoms with E-state index < -0.39 is 0 Å². The number of phenolic OH excluding ortho intramolecular Hbond substituents is 1. The number of anilines is 1. The summed E-state index contributed by atoms with van der Waals surface area (Å²) in [6.07, 6.45) is 1.45. The van der Waals surface area contributed by atoms with Gasteiger partial charge < -0.3 is 14.7 Å². The molecule has 2 N–H and O–H groups in total. The summed E-state index contributed by atoms with van der Waals surface area (Å²) in [5.41, 5.74) is 5.64. The Morgan fingerprint density at radius 2 is 2.03 bits per heavy atom. The molecule has 8 heteroatoms. The summed E-state index contributed by atoms with van der Waals surface area (Å²) in [5.74, 6) is 0.777. The van der Waals surface area contributed by atoms with Gasteiger partial charge in [0, 0.05) is 46.4 Å². The molecule has 0 saturated heterocycles. The summed E-state index contributed by atoms with van der Waals surface area (Å²) in [6, 6.07) is 13.1. The third-order valence-corrected chi connectivity index (χ3v) is 6.06. The SMILES string of the molecule is CCN(CC)c1ccc(C=NNC(=O)CSc2cc(C)nc3c(OC)cccc23)c(O)c1. The zero-order valence-corrected chi connectivity index (χ0v) is 19.6. The molecule has 168 valence electrons. The molecule has 0 saturated carbocycles. The third-order valence-electron chi connectivity index (χ3n) is 5.01. The molecule has 32 heavy (non-hydrogen) atoms. The van der Waals surface area contributed by atoms with Crippen molar-refractivity contribution in [3.8, 4) is 11.5 Å². The van der Waals surface area contributed by atoms with Crippen molar-refractivity contribution < 1.29 is 14.6 Å². The second-order valence-electron chi connectivity index (χ2n) is 7.12. The number of benzene rings is 2. The van der Waals surface area contributed by atoms with Gasteiger partial charge in [-0.25, -0.2) is 10.4 Å². The van der Waals surface area contributed by atoms with Gasteiger partial charge >= 0.3 is 0 Å². The van der Waals surface area contributed by atoms with Gasteiger partial charge in [0.1, 0.15) is 17.0 Å². The van der Waals surface area contributed by atoms with Crippen LogP contribution in [-0.2, 0) is 4.79 Å². The van der Waals surface area contributed by atoms with Crippen molar-refractivity contribution in [3.05, 3.63) is 53.7 Å². The molecule has 0 aliphatic heterocycles. The van der Waals surface area contributed by atoms with E-state index in [1.807, 2.05) is 37.3 Å². The predicted molar refractivity (Wildman–Crippen MR) is 131 cm³/mol. The quantitative estimate of drug-likeness (QED) is 0.285. The molecule has 0 fully saturated rings. The molecule has 1 heterocycles. The highest BCUT2D eigenvalue weighted by atomic mass is 32.2. The summed E-state index contributed by atoms with van der Waals surface area (Å²) in [5, 5.41) is 15.2. The van der Waals surface area contributed by atoms with Crippen LogP contribution in [0.1, 0.15) is 25.1 Å². The molecule has 0 unspecified atom stereocenters. The lowest BCUT2D eigenvalue weighted by Crippen LogP contribution is -2.21. The van der Waals surface area contributed by atoms with Crippen LogP contribution in [0.3, 0.4) is 0 Å². The van der Waals surface area contributed by atoms with Crippen LogP contribution in [-0.4, -0.2) is 48.2 Å². The maximum atomic E-state index is 12.3. The van der Waals surface area contributed by atoms with E-state index in [0.29, 0.717) is 11.3 Å². The summed E-state index contributed by atoms with van der Waals surface area (Å²) in [4.78, 5) is 20.0. The Morgan fingerprint density at radius 1 is 1.25 bits per heavy atom. The molecule has 0 radical (unpaired) electrons. The number of carbonyl (C=O) groups excluding carboxylic acids is 1. The zero-order valence-electron chi connectivity index (χ0n) is 18.8. The van der Waals surface area contributed by atoms with Crippen LogP contribution in [0.15, 0.2) is 52.5 Å². The third kappa shape index (κ3) is 5.50. The van der Waals surface area contributed by atoms with Crippen molar-refractivity contribution in [1.29, 1.82) is 0 Å². The number of nitrogens with one attached hydrogen (secondary N) is 1. The molecule has 0 bridgehead atoms. The average Bonchev–Trinajstić information content (AvgIpc) is 2.79. The number of hydrogen-bond acceptors (Lipinski definition) is 7. The van der Waals surface area contributed by atoms with Crippen molar-refractivity contribution in [2.45, 2.75) is 25.7 Å². The van der Waals surface area contributed by atoms with Gasteiger partial charge in [-0.1, -0.05) is 12.1 Å². The first-order chi connectivity index (χ1) is 15.5. The molecule has 0 aliphatic rings. The maximum absolute atomic E-state index is 12.3. The fraction of sp³-hybridized carbons (Fsp3) is 0.292. The molecule has 7 nitrogen and oxygen atoms in total. The van der Waals surface area contributed by atoms with Crippen molar-refractivity contribution in [2.24, 2.45) is 5.10 Å². The number of hydrogen-bond donors (Lipinski definition) is 2. The largest absolute Gasteiger partial charge is 0.507 e. The van der Waals surface area contributed by atoms with Crippen molar-refractivity contribution in [2.75, 3.05) is 30.9 Å². The smallest absolute Gasteiger partial charge is 0.250 e. The van der Waals surface area contributed by atoms with Gasteiger partial charge in [-0.3, -0.25) is 4.79 Å². The van der Waals surface area contributed by atoms with E-state index >= 15 is 0 Å². The van der Waals surface area contributed by atoms with E-state index in [9.17, 15) is 9.90 Å². The van der Waals surface area contributed by atoms with Crippen molar-refractivity contribution in [1.82, 2.24) is 10.4 Å². The number of carbonyl (C=O) groups is 1. The first-order valence-electron chi connectivity index (χ1n) is 10.4. The van der Waals surface area contributed by atoms with E-state index in [1.54, 1.807) is 19.2 Å². The number of rotatable bonds is 9. The molecule has 3 rings (SSSR count). The highest BCUT2D eigenvalue weighted by Gasteiger charge is 2.11. The summed E-state index contributed by atoms with van der Waals surface area (Å²) in [7, 11) is 1.62. The van der Waals surface area contributed by atoms with Gasteiger partial charge in [-0.05, 0) is 45.0 Å². The van der Waals surface area contributed by atoms with E-state index in [1.165, 1.54) is 18.0 Å². The van der Waals surface area contributed by atoms with Crippen molar-refractivity contribution in [3.63, 3.8) is 0 Å². The molecule has 3 aromatic rings. The number of amides is 1. The number of aromatic hydroxyl groups is 1. The lowest BCUT2D eigenvalue weighted by molar-refractivity contribution is -0.118. The van der Waals surface area contributed by atoms with E-state index in [2.05, 4.69) is 34.3 Å². The maximum Gasteiger partial charge on any atom is 0.250 e. The van der Waals surface area contributed by atoms with E-state index in [4.69, 9.17) is 4.74 Å². The van der Waals surface area contributed by atoms with Gasteiger partial charge in [0.2, 0.25) is 5.91 Å². The molecule has 1 aromatic heterocycles. The molecular weight excluding hydrogens is 424 g/mol. The lowest BCUT2D eigenvalue weighted by Gasteiger charge is -2.21. The van der Waals surface area contributed by atoms with Crippen LogP contribution < -0.4 is 15.1 Å². The number of fused-ring (bicyclic) bond motifs is 1. The highest BCUT2D eigenvalue weighted by molar-refractivity contribution is 8.00. The van der Waals surface area contributed by atoms with Crippen LogP contribution in [0.2, 0.25) is 0 Å². The number of thioether (sulfide) groups is 1. The number of aromatic nitrogens is 1. The van der Waals surface area contributed by atoms with Crippen LogP contribution >= 0.6 is 11.8 Å². The topological polar surface area (TPSA) is 87.1 Å². The number of ether oxygens (including phenoxy) is 1. The Bertz CT molecular complexity index is 1130. The van der Waals surface area contributed by atoms with Crippen molar-refractivity contribution >= 4 is 40.5 Å². The fourth-order valence-electron chi connectivity index (χ4n) is 3.37. The Hall–Kier alpha value is -3.26. The summed E-state index contributed by atoms with van der Waals surface area (Å²) >= 11 is 1.41. The van der Waals surface area contributed by atoms with Gasteiger partial charge in [-0.2, -0.15) is 5.10 Å². The normalized spacial score (nSPS) is 11.1. The number of para-hydroxylation sites is 1. The van der Waals surface area contributed by atoms with Gasteiger partial charge in [0.15, 0.2) is 0 Å². The predicted octanol–water partition coefficient (Wildman–Crippen LogP) is 4.35. The molecule has 0 aliphatic carbocycles. The highest BCUT2D eigenvalue weighted by Crippen LogP contribution is 2.32. The minimum Gasteiger partial charge on any atom is -0.507 e. The zero-order chi connectivity index (χ0) is 23.1. The first kappa shape index (κ1) is 23.4. The summed E-state index contributed by atoms with van der Waals surface area (Å²) < 4.78 is 5.41. The van der Waals surface area contributed by atoms with Gasteiger partial charge in [0.05, 0.1) is 19.1 Å². The number of methoxy groups -OCH3 is 1. The number of aryl methyl sites for hydroxylation is 1. The molecule has 1 amide bonds. The Balaban J connectivity index is 1.63. The Labute approximate surface area is 192 Å². The molecule has 0 spiro atoms. The number of nitrogens with zero attached hydrogens (tertiary/aromatic N) is 3. The minimum atomic E-state index is -0.240. The second kappa shape index (κ2) is 10.9. The second-order valence-corrected chi connectivity index (χ2v) is 8.13. The average molecular weight is 453 g/mol. The minimum absolute atomic E-state index is 0.120. The van der Waals surface area contributed by atoms with Crippen LogP contribution in [0.25, 0.3) is 10.9 Å². The van der Waals surface area contributed by atoms with E-state index in [0.717, 1.165) is 40.3 Å².